The molecule has 29 heavy (non-hydrogen) atoms. The van der Waals surface area contributed by atoms with Crippen molar-refractivity contribution in [3.8, 4) is 11.1 Å². The van der Waals surface area contributed by atoms with Crippen LogP contribution >= 0.6 is 0 Å². The molecule has 1 N–H and O–H groups in total. The molecule has 0 radical (unpaired) electrons. The van der Waals surface area contributed by atoms with Gasteiger partial charge in [0.25, 0.3) is 5.56 Å². The number of aromatic nitrogens is 5. The molecule has 3 aromatic heterocycles. The Kier molecular flexibility index (Phi) is 3.90. The van der Waals surface area contributed by atoms with Crippen LogP contribution in [0.3, 0.4) is 0 Å². The van der Waals surface area contributed by atoms with Crippen molar-refractivity contribution in [1.29, 1.82) is 0 Å². The first-order valence-corrected chi connectivity index (χ1v) is 8.81. The van der Waals surface area contributed by atoms with E-state index in [0.717, 1.165) is 17.1 Å². The minimum atomic E-state index is -0.731. The Morgan fingerprint density at radius 1 is 0.966 bits per heavy atom. The molecule has 0 aliphatic carbocycles. The summed E-state index contributed by atoms with van der Waals surface area (Å²) < 4.78 is 31.0. The normalized spacial score (nSPS) is 11.4. The van der Waals surface area contributed by atoms with Crippen LogP contribution in [0, 0.1) is 11.6 Å². The second kappa shape index (κ2) is 6.59. The van der Waals surface area contributed by atoms with E-state index in [1.165, 1.54) is 29.1 Å². The largest absolute Gasteiger partial charge is 0.299 e. The van der Waals surface area contributed by atoms with Crippen LogP contribution in [-0.4, -0.2) is 24.7 Å². The minimum Gasteiger partial charge on any atom is -0.299 e. The summed E-state index contributed by atoms with van der Waals surface area (Å²) in [6, 6.07) is 9.55. The first-order valence-electron chi connectivity index (χ1n) is 8.81. The van der Waals surface area contributed by atoms with Gasteiger partial charge in [0.05, 0.1) is 41.7 Å². The summed E-state index contributed by atoms with van der Waals surface area (Å²) in [6.07, 6.45) is 5.80. The maximum atomic E-state index is 14.9. The average molecular weight is 389 g/mol. The van der Waals surface area contributed by atoms with Crippen molar-refractivity contribution in [2.75, 3.05) is 0 Å². The average Bonchev–Trinajstić information content (AvgIpc) is 3.19. The van der Waals surface area contributed by atoms with Gasteiger partial charge in [0.1, 0.15) is 11.6 Å². The predicted octanol–water partition coefficient (Wildman–Crippen LogP) is 3.66. The van der Waals surface area contributed by atoms with Crippen LogP contribution in [0.5, 0.6) is 0 Å². The van der Waals surface area contributed by atoms with Crippen molar-refractivity contribution in [2.45, 2.75) is 6.54 Å². The quantitative estimate of drug-likeness (QED) is 0.511. The number of fused-ring (bicyclic) bond motifs is 2. The topological polar surface area (TPSA) is 76.5 Å². The maximum absolute atomic E-state index is 14.9. The van der Waals surface area contributed by atoms with E-state index < -0.39 is 17.2 Å². The highest BCUT2D eigenvalue weighted by Gasteiger charge is 2.15. The van der Waals surface area contributed by atoms with Crippen LogP contribution in [0.25, 0.3) is 33.1 Å². The van der Waals surface area contributed by atoms with Gasteiger partial charge in [-0.3, -0.25) is 19.4 Å². The summed E-state index contributed by atoms with van der Waals surface area (Å²) in [5, 5.41) is 7.69. The van der Waals surface area contributed by atoms with E-state index >= 15 is 0 Å². The fraction of sp³-hybridized carbons (Fsp3) is 0.0476. The minimum absolute atomic E-state index is 0.199. The number of nitrogens with one attached hydrogen (secondary N) is 1. The van der Waals surface area contributed by atoms with Gasteiger partial charge in [-0.15, -0.1) is 0 Å². The number of hydrogen-bond donors (Lipinski definition) is 1. The molecule has 0 fully saturated rings. The van der Waals surface area contributed by atoms with Crippen molar-refractivity contribution in [2.24, 2.45) is 0 Å². The second-order valence-electron chi connectivity index (χ2n) is 6.64. The Labute approximate surface area is 162 Å². The molecule has 6 nitrogen and oxygen atoms in total. The summed E-state index contributed by atoms with van der Waals surface area (Å²) in [5.41, 5.74) is 2.09. The van der Waals surface area contributed by atoms with E-state index in [-0.39, 0.29) is 12.1 Å². The number of benzene rings is 2. The molecule has 0 saturated heterocycles. The SMILES string of the molecule is O=c1cnc2ccncc2n1Cc1c(F)cc(-c2ccc3cn[nH]c3c2)cc1F. The molecule has 2 aromatic carbocycles. The van der Waals surface area contributed by atoms with Crippen molar-refractivity contribution in [3.63, 3.8) is 0 Å². The second-order valence-corrected chi connectivity index (χ2v) is 6.64. The van der Waals surface area contributed by atoms with Crippen molar-refractivity contribution < 1.29 is 8.78 Å². The Hall–Kier alpha value is -3.94. The summed E-state index contributed by atoms with van der Waals surface area (Å²) in [6.45, 7) is -0.263. The van der Waals surface area contributed by atoms with Gasteiger partial charge in [-0.05, 0) is 35.4 Å². The summed E-state index contributed by atoms with van der Waals surface area (Å²) in [5.74, 6) is -1.46. The molecule has 0 unspecified atom stereocenters. The molecule has 5 aromatic rings. The monoisotopic (exact) mass is 389 g/mol. The maximum Gasteiger partial charge on any atom is 0.269 e. The Morgan fingerprint density at radius 3 is 2.62 bits per heavy atom. The van der Waals surface area contributed by atoms with Crippen LogP contribution in [0.2, 0.25) is 0 Å². The van der Waals surface area contributed by atoms with Crippen LogP contribution in [-0.2, 0) is 6.54 Å². The standard InChI is InChI=1S/C21H13F2N5O/c22-16-5-14(12-1-2-13-8-26-27-19(13)7-12)6-17(23)15(16)11-28-20-9-24-4-3-18(20)25-10-21(28)29/h1-10H,11H2,(H,26,27). The first-order chi connectivity index (χ1) is 14.1. The van der Waals surface area contributed by atoms with Crippen molar-refractivity contribution in [1.82, 2.24) is 24.7 Å². The lowest BCUT2D eigenvalue weighted by atomic mass is 10.0. The van der Waals surface area contributed by atoms with Gasteiger partial charge in [0.15, 0.2) is 0 Å². The fourth-order valence-corrected chi connectivity index (χ4v) is 3.37. The molecule has 0 amide bonds. The highest BCUT2D eigenvalue weighted by atomic mass is 19.1. The van der Waals surface area contributed by atoms with E-state index in [1.807, 2.05) is 6.07 Å². The van der Waals surface area contributed by atoms with Crippen LogP contribution < -0.4 is 5.56 Å². The Morgan fingerprint density at radius 2 is 1.79 bits per heavy atom. The molecule has 5 rings (SSSR count). The molecule has 0 aliphatic rings. The van der Waals surface area contributed by atoms with E-state index in [2.05, 4.69) is 20.2 Å². The number of halogens is 2. The Balaban J connectivity index is 1.59. The molecule has 3 heterocycles. The van der Waals surface area contributed by atoms with Gasteiger partial charge in [0, 0.05) is 17.1 Å². The molecule has 8 heteroatoms. The third kappa shape index (κ3) is 2.94. The highest BCUT2D eigenvalue weighted by Crippen LogP contribution is 2.27. The molecule has 0 atom stereocenters. The predicted molar refractivity (Wildman–Crippen MR) is 104 cm³/mol. The Bertz CT molecular complexity index is 1420. The lowest BCUT2D eigenvalue weighted by Crippen LogP contribution is -2.22. The molecule has 0 saturated carbocycles. The summed E-state index contributed by atoms with van der Waals surface area (Å²) >= 11 is 0. The van der Waals surface area contributed by atoms with E-state index in [4.69, 9.17) is 0 Å². The third-order valence-electron chi connectivity index (χ3n) is 4.88. The number of aromatic amines is 1. The smallest absolute Gasteiger partial charge is 0.269 e. The van der Waals surface area contributed by atoms with Gasteiger partial charge in [-0.1, -0.05) is 12.1 Å². The van der Waals surface area contributed by atoms with E-state index in [9.17, 15) is 13.6 Å². The zero-order chi connectivity index (χ0) is 20.0. The summed E-state index contributed by atoms with van der Waals surface area (Å²) in [7, 11) is 0. The molecule has 0 aliphatic heterocycles. The van der Waals surface area contributed by atoms with Crippen LogP contribution in [0.15, 0.2) is 66.0 Å². The zero-order valence-electron chi connectivity index (χ0n) is 14.9. The summed E-state index contributed by atoms with van der Waals surface area (Å²) in [4.78, 5) is 20.3. The highest BCUT2D eigenvalue weighted by molar-refractivity contribution is 5.83. The third-order valence-corrected chi connectivity index (χ3v) is 4.88. The first kappa shape index (κ1) is 17.2. The van der Waals surface area contributed by atoms with Gasteiger partial charge < -0.3 is 0 Å². The van der Waals surface area contributed by atoms with Gasteiger partial charge in [0.2, 0.25) is 0 Å². The molecule has 0 bridgehead atoms. The van der Waals surface area contributed by atoms with Crippen LogP contribution in [0.1, 0.15) is 5.56 Å². The zero-order valence-corrected chi connectivity index (χ0v) is 14.9. The van der Waals surface area contributed by atoms with Crippen LogP contribution in [0.4, 0.5) is 8.78 Å². The number of pyridine rings is 1. The molecule has 142 valence electrons. The van der Waals surface area contributed by atoms with E-state index in [1.54, 1.807) is 24.4 Å². The number of H-pyrrole nitrogens is 1. The lowest BCUT2D eigenvalue weighted by Gasteiger charge is -2.12. The van der Waals surface area contributed by atoms with E-state index in [0.29, 0.717) is 22.2 Å². The van der Waals surface area contributed by atoms with Crippen molar-refractivity contribution >= 4 is 21.9 Å². The number of rotatable bonds is 3. The lowest BCUT2D eigenvalue weighted by molar-refractivity contribution is 0.545. The number of nitrogens with zero attached hydrogens (tertiary/aromatic N) is 4. The fourth-order valence-electron chi connectivity index (χ4n) is 3.37. The molecular formula is C21H13F2N5O. The van der Waals surface area contributed by atoms with Gasteiger partial charge >= 0.3 is 0 Å². The van der Waals surface area contributed by atoms with Gasteiger partial charge in [-0.25, -0.2) is 13.8 Å². The van der Waals surface area contributed by atoms with Gasteiger partial charge in [-0.2, -0.15) is 5.10 Å². The molecule has 0 spiro atoms. The van der Waals surface area contributed by atoms with Crippen molar-refractivity contribution in [3.05, 3.63) is 88.7 Å². The molecular weight excluding hydrogens is 376 g/mol. The number of hydrogen-bond acceptors (Lipinski definition) is 4.